The van der Waals surface area contributed by atoms with Crippen LogP contribution in [0.1, 0.15) is 57.8 Å². The second kappa shape index (κ2) is 6.97. The van der Waals surface area contributed by atoms with E-state index in [2.05, 4.69) is 16.8 Å². The van der Waals surface area contributed by atoms with E-state index in [-0.39, 0.29) is 5.60 Å². The highest BCUT2D eigenvalue weighted by atomic mass is 16.3. The molecule has 0 amide bonds. The van der Waals surface area contributed by atoms with Gasteiger partial charge in [0.1, 0.15) is 0 Å². The van der Waals surface area contributed by atoms with Gasteiger partial charge in [0.05, 0.1) is 5.60 Å². The molecule has 1 aliphatic heterocycles. The van der Waals surface area contributed by atoms with Gasteiger partial charge in [-0.15, -0.1) is 0 Å². The second-order valence-corrected chi connectivity index (χ2v) is 7.87. The maximum absolute atomic E-state index is 11.6. The number of rotatable bonds is 3. The number of piperazine rings is 1. The lowest BCUT2D eigenvalue weighted by molar-refractivity contribution is -0.0843. The molecule has 2 aliphatic carbocycles. The van der Waals surface area contributed by atoms with E-state index in [4.69, 9.17) is 0 Å². The highest BCUT2D eigenvalue weighted by Gasteiger charge is 2.45. The van der Waals surface area contributed by atoms with Crippen LogP contribution in [0.2, 0.25) is 0 Å². The molecule has 0 radical (unpaired) electrons. The standard InChI is InChI=1S/C18H34N2O/c1-19-11-13-20(14-12-19)15-17-9-3-2-6-10-18(17,21)16-7-4-5-8-16/h16-17,21H,2-15H2,1H3. The summed E-state index contributed by atoms with van der Waals surface area (Å²) >= 11 is 0. The van der Waals surface area contributed by atoms with Crippen molar-refractivity contribution in [3.8, 4) is 0 Å². The van der Waals surface area contributed by atoms with Crippen LogP contribution in [0.4, 0.5) is 0 Å². The Labute approximate surface area is 130 Å². The average molecular weight is 294 g/mol. The maximum atomic E-state index is 11.6. The van der Waals surface area contributed by atoms with E-state index < -0.39 is 0 Å². The average Bonchev–Trinajstić information content (AvgIpc) is 2.96. The molecule has 3 rings (SSSR count). The minimum Gasteiger partial charge on any atom is -0.389 e. The zero-order chi connectivity index (χ0) is 14.7. The second-order valence-electron chi connectivity index (χ2n) is 7.87. The van der Waals surface area contributed by atoms with E-state index >= 15 is 0 Å². The van der Waals surface area contributed by atoms with Crippen LogP contribution in [0.25, 0.3) is 0 Å². The molecule has 3 nitrogen and oxygen atoms in total. The number of hydrogen-bond donors (Lipinski definition) is 1. The summed E-state index contributed by atoms with van der Waals surface area (Å²) in [5.74, 6) is 1.11. The lowest BCUT2D eigenvalue weighted by Gasteiger charge is -2.43. The Bertz CT molecular complexity index is 321. The van der Waals surface area contributed by atoms with Gasteiger partial charge in [0.2, 0.25) is 0 Å². The summed E-state index contributed by atoms with van der Waals surface area (Å²) < 4.78 is 0. The van der Waals surface area contributed by atoms with Gasteiger partial charge < -0.3 is 14.9 Å². The monoisotopic (exact) mass is 294 g/mol. The minimum atomic E-state index is -0.351. The molecule has 2 saturated carbocycles. The number of hydrogen-bond acceptors (Lipinski definition) is 3. The Morgan fingerprint density at radius 2 is 1.57 bits per heavy atom. The topological polar surface area (TPSA) is 26.7 Å². The molecule has 0 aromatic carbocycles. The first-order valence-corrected chi connectivity index (χ1v) is 9.32. The summed E-state index contributed by atoms with van der Waals surface area (Å²) in [6, 6.07) is 0. The maximum Gasteiger partial charge on any atom is 0.0716 e. The van der Waals surface area contributed by atoms with E-state index in [9.17, 15) is 5.11 Å². The van der Waals surface area contributed by atoms with Gasteiger partial charge in [-0.2, -0.15) is 0 Å². The summed E-state index contributed by atoms with van der Waals surface area (Å²) in [7, 11) is 2.22. The zero-order valence-corrected chi connectivity index (χ0v) is 13.9. The Balaban J connectivity index is 1.66. The Hall–Kier alpha value is -0.120. The number of nitrogens with zero attached hydrogens (tertiary/aromatic N) is 2. The van der Waals surface area contributed by atoms with Crippen molar-refractivity contribution in [1.29, 1.82) is 0 Å². The molecule has 1 saturated heterocycles. The lowest BCUT2D eigenvalue weighted by Crippen LogP contribution is -2.52. The molecule has 3 heteroatoms. The minimum absolute atomic E-state index is 0.351. The molecule has 122 valence electrons. The van der Waals surface area contributed by atoms with Gasteiger partial charge in [0.25, 0.3) is 0 Å². The Morgan fingerprint density at radius 1 is 0.905 bits per heavy atom. The van der Waals surface area contributed by atoms with Crippen molar-refractivity contribution in [2.75, 3.05) is 39.8 Å². The van der Waals surface area contributed by atoms with E-state index in [0.717, 1.165) is 13.0 Å². The van der Waals surface area contributed by atoms with Crippen molar-refractivity contribution in [1.82, 2.24) is 9.80 Å². The number of aliphatic hydroxyl groups is 1. The molecule has 0 bridgehead atoms. The summed E-state index contributed by atoms with van der Waals surface area (Å²) in [6.07, 6.45) is 11.4. The number of likely N-dealkylation sites (N-methyl/N-ethyl adjacent to an activating group) is 1. The van der Waals surface area contributed by atoms with Gasteiger partial charge in [-0.1, -0.05) is 32.1 Å². The first kappa shape index (κ1) is 15.8. The zero-order valence-electron chi connectivity index (χ0n) is 13.9. The fourth-order valence-corrected chi connectivity index (χ4v) is 4.98. The van der Waals surface area contributed by atoms with Crippen LogP contribution in [-0.4, -0.2) is 60.3 Å². The van der Waals surface area contributed by atoms with Crippen molar-refractivity contribution in [2.24, 2.45) is 11.8 Å². The quantitative estimate of drug-likeness (QED) is 0.811. The smallest absolute Gasteiger partial charge is 0.0716 e. The largest absolute Gasteiger partial charge is 0.389 e. The van der Waals surface area contributed by atoms with Gasteiger partial charge >= 0.3 is 0 Å². The van der Waals surface area contributed by atoms with Gasteiger partial charge in [0, 0.05) is 38.6 Å². The predicted molar refractivity (Wildman–Crippen MR) is 87.4 cm³/mol. The predicted octanol–water partition coefficient (Wildman–Crippen LogP) is 2.74. The van der Waals surface area contributed by atoms with Gasteiger partial charge in [-0.3, -0.25) is 0 Å². The van der Waals surface area contributed by atoms with Crippen molar-refractivity contribution >= 4 is 0 Å². The van der Waals surface area contributed by atoms with Gasteiger partial charge in [0.15, 0.2) is 0 Å². The molecule has 2 atom stereocenters. The third kappa shape index (κ3) is 3.62. The van der Waals surface area contributed by atoms with Crippen LogP contribution in [0, 0.1) is 11.8 Å². The van der Waals surface area contributed by atoms with Crippen LogP contribution >= 0.6 is 0 Å². The van der Waals surface area contributed by atoms with Crippen LogP contribution in [0.3, 0.4) is 0 Å². The first-order chi connectivity index (χ1) is 10.2. The fraction of sp³-hybridized carbons (Fsp3) is 1.00. The van der Waals surface area contributed by atoms with Crippen molar-refractivity contribution < 1.29 is 5.11 Å². The van der Waals surface area contributed by atoms with E-state index in [0.29, 0.717) is 11.8 Å². The van der Waals surface area contributed by atoms with E-state index in [1.165, 1.54) is 77.5 Å². The molecule has 3 aliphatic rings. The van der Waals surface area contributed by atoms with Crippen LogP contribution in [0.15, 0.2) is 0 Å². The van der Waals surface area contributed by atoms with Crippen LogP contribution in [-0.2, 0) is 0 Å². The third-order valence-electron chi connectivity index (χ3n) is 6.47. The highest BCUT2D eigenvalue weighted by Crippen LogP contribution is 2.45. The molecule has 1 heterocycles. The van der Waals surface area contributed by atoms with E-state index in [1.54, 1.807) is 0 Å². The van der Waals surface area contributed by atoms with Gasteiger partial charge in [-0.25, -0.2) is 0 Å². The fourth-order valence-electron chi connectivity index (χ4n) is 4.98. The molecule has 3 fully saturated rings. The molecule has 0 spiro atoms. The van der Waals surface area contributed by atoms with Crippen LogP contribution in [0.5, 0.6) is 0 Å². The van der Waals surface area contributed by atoms with E-state index in [1.807, 2.05) is 0 Å². The molecule has 0 aromatic rings. The molecule has 21 heavy (non-hydrogen) atoms. The van der Waals surface area contributed by atoms with Crippen molar-refractivity contribution in [2.45, 2.75) is 63.4 Å². The summed E-state index contributed by atoms with van der Waals surface area (Å²) in [5, 5.41) is 11.6. The first-order valence-electron chi connectivity index (χ1n) is 9.32. The Kier molecular flexibility index (Phi) is 5.23. The SMILES string of the molecule is CN1CCN(CC2CCCCCC2(O)C2CCCC2)CC1. The Morgan fingerprint density at radius 3 is 2.29 bits per heavy atom. The normalized spacial score (nSPS) is 37.7. The molecule has 0 aromatic heterocycles. The highest BCUT2D eigenvalue weighted by molar-refractivity contribution is 4.97. The molecule has 1 N–H and O–H groups in total. The third-order valence-corrected chi connectivity index (χ3v) is 6.47. The summed E-state index contributed by atoms with van der Waals surface area (Å²) in [4.78, 5) is 5.04. The lowest BCUT2D eigenvalue weighted by atomic mass is 9.72. The van der Waals surface area contributed by atoms with Gasteiger partial charge in [-0.05, 0) is 38.6 Å². The van der Waals surface area contributed by atoms with Crippen molar-refractivity contribution in [3.63, 3.8) is 0 Å². The summed E-state index contributed by atoms with van der Waals surface area (Å²) in [6.45, 7) is 5.89. The summed E-state index contributed by atoms with van der Waals surface area (Å²) in [5.41, 5.74) is -0.351. The molecule has 2 unspecified atom stereocenters. The van der Waals surface area contributed by atoms with Crippen molar-refractivity contribution in [3.05, 3.63) is 0 Å². The molecular weight excluding hydrogens is 260 g/mol. The van der Waals surface area contributed by atoms with Crippen LogP contribution < -0.4 is 0 Å². The molecular formula is C18H34N2O.